The van der Waals surface area contributed by atoms with Gasteiger partial charge in [-0.25, -0.2) is 0 Å². The molecule has 0 heterocycles. The Morgan fingerprint density at radius 3 is 2.73 bits per heavy atom. The lowest BCUT2D eigenvalue weighted by Gasteiger charge is -2.04. The molecule has 0 aliphatic heterocycles. The van der Waals surface area contributed by atoms with E-state index in [0.717, 1.165) is 12.2 Å². The van der Waals surface area contributed by atoms with Gasteiger partial charge in [0.25, 0.3) is 0 Å². The summed E-state index contributed by atoms with van der Waals surface area (Å²) in [5.74, 6) is 1.29. The molecule has 0 unspecified atom stereocenters. The number of ketones is 1. The van der Waals surface area contributed by atoms with Gasteiger partial charge >= 0.3 is 0 Å². The van der Waals surface area contributed by atoms with Gasteiger partial charge in [-0.05, 0) is 25.2 Å². The van der Waals surface area contributed by atoms with Gasteiger partial charge in [-0.15, -0.1) is 0 Å². The molecule has 0 amide bonds. The minimum Gasteiger partial charge on any atom is -0.295 e. The van der Waals surface area contributed by atoms with Gasteiger partial charge in [-0.1, -0.05) is 19.9 Å². The second-order valence-corrected chi connectivity index (χ2v) is 4.23. The lowest BCUT2D eigenvalue weighted by molar-refractivity contribution is -0.112. The number of carbonyl (C=O) groups excluding carboxylic acids is 1. The minimum atomic E-state index is 0.138. The molecule has 0 saturated heterocycles. The first-order chi connectivity index (χ1) is 5.16. The van der Waals surface area contributed by atoms with E-state index in [9.17, 15) is 4.79 Å². The predicted octanol–water partition coefficient (Wildman–Crippen LogP) is 2.66. The third kappa shape index (κ3) is 7.66. The van der Waals surface area contributed by atoms with Crippen LogP contribution in [0.1, 0.15) is 27.2 Å². The Kier molecular flexibility index (Phi) is 6.33. The van der Waals surface area contributed by atoms with Crippen LogP contribution in [0.4, 0.5) is 0 Å². The lowest BCUT2D eigenvalue weighted by atomic mass is 10.3. The van der Waals surface area contributed by atoms with Crippen molar-refractivity contribution in [1.29, 1.82) is 0 Å². The number of allylic oxidation sites excluding steroid dienone is 2. The zero-order valence-corrected chi connectivity index (χ0v) is 8.28. The van der Waals surface area contributed by atoms with E-state index in [1.165, 1.54) is 0 Å². The zero-order chi connectivity index (χ0) is 8.69. The van der Waals surface area contributed by atoms with E-state index in [1.54, 1.807) is 13.0 Å². The Balaban J connectivity index is 3.44. The van der Waals surface area contributed by atoms with Crippen molar-refractivity contribution >= 4 is 17.5 Å². The van der Waals surface area contributed by atoms with Crippen molar-refractivity contribution in [3.05, 3.63) is 12.2 Å². The average molecular weight is 172 g/mol. The van der Waals surface area contributed by atoms with E-state index in [0.29, 0.717) is 5.25 Å². The summed E-state index contributed by atoms with van der Waals surface area (Å²) in [4.78, 5) is 10.5. The highest BCUT2D eigenvalue weighted by Gasteiger charge is 1.96. The lowest BCUT2D eigenvalue weighted by Crippen LogP contribution is -1.94. The van der Waals surface area contributed by atoms with E-state index in [2.05, 4.69) is 13.8 Å². The van der Waals surface area contributed by atoms with Gasteiger partial charge in [-0.2, -0.15) is 11.8 Å². The maximum absolute atomic E-state index is 10.5. The monoisotopic (exact) mass is 172 g/mol. The molecular formula is C9H16OS. The Hall–Kier alpha value is -0.240. The number of hydrogen-bond acceptors (Lipinski definition) is 2. The molecule has 2 heteroatoms. The van der Waals surface area contributed by atoms with E-state index in [-0.39, 0.29) is 5.78 Å². The summed E-state index contributed by atoms with van der Waals surface area (Å²) in [5.41, 5.74) is 0. The van der Waals surface area contributed by atoms with Gasteiger partial charge in [0.15, 0.2) is 5.78 Å². The third-order valence-electron chi connectivity index (χ3n) is 1.27. The number of hydrogen-bond donors (Lipinski definition) is 0. The van der Waals surface area contributed by atoms with Crippen molar-refractivity contribution in [1.82, 2.24) is 0 Å². The molecule has 11 heavy (non-hydrogen) atoms. The van der Waals surface area contributed by atoms with E-state index >= 15 is 0 Å². The second kappa shape index (κ2) is 6.47. The quantitative estimate of drug-likeness (QED) is 0.593. The molecule has 0 radical (unpaired) electrons. The first-order valence-electron chi connectivity index (χ1n) is 3.95. The van der Waals surface area contributed by atoms with Crippen LogP contribution in [0.25, 0.3) is 0 Å². The minimum absolute atomic E-state index is 0.138. The molecule has 0 aliphatic rings. The molecule has 0 spiro atoms. The molecule has 1 atom stereocenters. The fraction of sp³-hybridized carbons (Fsp3) is 0.667. The van der Waals surface area contributed by atoms with Crippen LogP contribution >= 0.6 is 11.8 Å². The first-order valence-corrected chi connectivity index (χ1v) is 5.00. The molecule has 0 aromatic carbocycles. The van der Waals surface area contributed by atoms with Crippen LogP contribution in [0.2, 0.25) is 0 Å². The molecule has 0 aliphatic carbocycles. The Bertz CT molecular complexity index is 140. The van der Waals surface area contributed by atoms with Gasteiger partial charge in [-0.3, -0.25) is 4.79 Å². The number of rotatable bonds is 5. The predicted molar refractivity (Wildman–Crippen MR) is 52.0 cm³/mol. The topological polar surface area (TPSA) is 17.1 Å². The molecule has 0 bridgehead atoms. The molecule has 0 rings (SSSR count). The van der Waals surface area contributed by atoms with Crippen molar-refractivity contribution in [2.75, 3.05) is 5.75 Å². The molecule has 1 nitrogen and oxygen atoms in total. The van der Waals surface area contributed by atoms with Crippen molar-refractivity contribution in [3.63, 3.8) is 0 Å². The van der Waals surface area contributed by atoms with E-state index in [1.807, 2.05) is 17.8 Å². The molecular weight excluding hydrogens is 156 g/mol. The molecule has 0 fully saturated rings. The van der Waals surface area contributed by atoms with Gasteiger partial charge in [0, 0.05) is 5.25 Å². The zero-order valence-electron chi connectivity index (χ0n) is 7.46. The van der Waals surface area contributed by atoms with E-state index in [4.69, 9.17) is 0 Å². The Morgan fingerprint density at radius 1 is 1.64 bits per heavy atom. The largest absolute Gasteiger partial charge is 0.295 e. The van der Waals surface area contributed by atoms with Crippen molar-refractivity contribution in [3.8, 4) is 0 Å². The smallest absolute Gasteiger partial charge is 0.152 e. The van der Waals surface area contributed by atoms with Gasteiger partial charge in [0.1, 0.15) is 0 Å². The fourth-order valence-electron chi connectivity index (χ4n) is 0.778. The molecule has 0 aromatic heterocycles. The summed E-state index contributed by atoms with van der Waals surface area (Å²) in [6.07, 6.45) is 4.60. The highest BCUT2D eigenvalue weighted by molar-refractivity contribution is 7.99. The maximum atomic E-state index is 10.5. The standard InChI is InChI=1S/C9H16OS/c1-4-11-9(3)7-5-6-8(2)10/h5-6,9H,4,7H2,1-3H3/b6-5-/t9-/m1/s1. The molecule has 0 saturated carbocycles. The van der Waals surface area contributed by atoms with E-state index < -0.39 is 0 Å². The van der Waals surface area contributed by atoms with Crippen molar-refractivity contribution in [2.45, 2.75) is 32.4 Å². The van der Waals surface area contributed by atoms with Crippen LogP contribution in [0.15, 0.2) is 12.2 Å². The summed E-state index contributed by atoms with van der Waals surface area (Å²) in [6, 6.07) is 0. The number of thioether (sulfide) groups is 1. The van der Waals surface area contributed by atoms with Crippen molar-refractivity contribution < 1.29 is 4.79 Å². The maximum Gasteiger partial charge on any atom is 0.152 e. The normalized spacial score (nSPS) is 13.7. The Morgan fingerprint density at radius 2 is 2.27 bits per heavy atom. The first kappa shape index (κ1) is 10.8. The summed E-state index contributed by atoms with van der Waals surface area (Å²) in [5, 5.41) is 0.635. The second-order valence-electron chi connectivity index (χ2n) is 2.51. The molecule has 0 aromatic rings. The summed E-state index contributed by atoms with van der Waals surface area (Å²) in [7, 11) is 0. The summed E-state index contributed by atoms with van der Waals surface area (Å²) < 4.78 is 0. The van der Waals surface area contributed by atoms with Crippen molar-refractivity contribution in [2.24, 2.45) is 0 Å². The van der Waals surface area contributed by atoms with Gasteiger partial charge in [0.2, 0.25) is 0 Å². The van der Waals surface area contributed by atoms with Crippen LogP contribution in [-0.2, 0) is 4.79 Å². The Labute approximate surface area is 73.3 Å². The molecule has 64 valence electrons. The average Bonchev–Trinajstić information content (AvgIpc) is 1.87. The highest BCUT2D eigenvalue weighted by atomic mass is 32.2. The molecule has 0 N–H and O–H groups in total. The van der Waals surface area contributed by atoms with Crippen LogP contribution in [-0.4, -0.2) is 16.8 Å². The highest BCUT2D eigenvalue weighted by Crippen LogP contribution is 2.13. The summed E-state index contributed by atoms with van der Waals surface area (Å²) in [6.45, 7) is 5.91. The van der Waals surface area contributed by atoms with Crippen LogP contribution in [0, 0.1) is 0 Å². The number of carbonyl (C=O) groups is 1. The van der Waals surface area contributed by atoms with Gasteiger partial charge < -0.3 is 0 Å². The third-order valence-corrected chi connectivity index (χ3v) is 2.37. The fourth-order valence-corrected chi connectivity index (χ4v) is 1.59. The summed E-state index contributed by atoms with van der Waals surface area (Å²) >= 11 is 1.92. The SMILES string of the molecule is CCS[C@H](C)C/C=C\C(C)=O. The van der Waals surface area contributed by atoms with Crippen LogP contribution in [0.5, 0.6) is 0 Å². The van der Waals surface area contributed by atoms with Crippen LogP contribution < -0.4 is 0 Å². The van der Waals surface area contributed by atoms with Crippen LogP contribution in [0.3, 0.4) is 0 Å². The van der Waals surface area contributed by atoms with Gasteiger partial charge in [0.05, 0.1) is 0 Å².